The van der Waals surface area contributed by atoms with Crippen LogP contribution in [0.1, 0.15) is 42.4 Å². The van der Waals surface area contributed by atoms with Crippen molar-refractivity contribution in [3.05, 3.63) is 71.5 Å². The number of nitrogens with zero attached hydrogens (tertiary/aromatic N) is 2. The molecule has 2 aliphatic heterocycles. The number of rotatable bonds is 6. The predicted octanol–water partition coefficient (Wildman–Crippen LogP) is 4.87. The molecule has 2 aromatic heterocycles. The number of nitrogens with one attached hydrogen (secondary N) is 2. The molecule has 2 aromatic carbocycles. The van der Waals surface area contributed by atoms with Crippen molar-refractivity contribution in [2.24, 2.45) is 0 Å². The van der Waals surface area contributed by atoms with Crippen LogP contribution in [0.15, 0.2) is 54.9 Å². The van der Waals surface area contributed by atoms with Gasteiger partial charge in [-0.2, -0.15) is 0 Å². The van der Waals surface area contributed by atoms with Crippen molar-refractivity contribution in [3.8, 4) is 0 Å². The molecule has 0 atom stereocenters. The number of hydrogen-bond donors (Lipinski definition) is 2. The summed E-state index contributed by atoms with van der Waals surface area (Å²) in [6.45, 7) is 6.47. The molecule has 0 unspecified atom stereocenters. The molecule has 178 valence electrons. The lowest BCUT2D eigenvalue weighted by molar-refractivity contribution is -0.122. The van der Waals surface area contributed by atoms with Crippen LogP contribution in [-0.2, 0) is 16.1 Å². The van der Waals surface area contributed by atoms with Crippen molar-refractivity contribution in [3.63, 3.8) is 0 Å². The fourth-order valence-electron chi connectivity index (χ4n) is 5.82. The van der Waals surface area contributed by atoms with Crippen molar-refractivity contribution in [1.29, 1.82) is 0 Å². The van der Waals surface area contributed by atoms with Crippen LogP contribution in [0.4, 0.5) is 0 Å². The molecule has 0 aliphatic carbocycles. The zero-order valence-electron chi connectivity index (χ0n) is 20.1. The van der Waals surface area contributed by atoms with E-state index in [9.17, 15) is 9.59 Å². The van der Waals surface area contributed by atoms with Crippen LogP contribution in [0.2, 0.25) is 0 Å². The van der Waals surface area contributed by atoms with E-state index < -0.39 is 0 Å². The molecule has 2 amide bonds. The molecule has 6 rings (SSSR count). The molecular weight excluding hydrogens is 436 g/mol. The number of imide groups is 1. The van der Waals surface area contributed by atoms with Crippen LogP contribution >= 0.6 is 0 Å². The van der Waals surface area contributed by atoms with Crippen LogP contribution in [0.3, 0.4) is 0 Å². The Morgan fingerprint density at radius 2 is 1.57 bits per heavy atom. The van der Waals surface area contributed by atoms with Crippen molar-refractivity contribution in [2.45, 2.75) is 39.2 Å². The first-order valence-corrected chi connectivity index (χ1v) is 12.6. The van der Waals surface area contributed by atoms with Crippen LogP contribution in [-0.4, -0.2) is 45.9 Å². The third-order valence-corrected chi connectivity index (χ3v) is 7.48. The summed E-state index contributed by atoms with van der Waals surface area (Å²) in [5, 5.41) is 4.51. The second-order valence-corrected chi connectivity index (χ2v) is 9.74. The van der Waals surface area contributed by atoms with Gasteiger partial charge in [0.15, 0.2) is 0 Å². The number of para-hydroxylation sites is 2. The summed E-state index contributed by atoms with van der Waals surface area (Å²) >= 11 is 0. The molecule has 0 radical (unpaired) electrons. The fraction of sp³-hybridized carbons (Fsp3) is 0.310. The third kappa shape index (κ3) is 3.78. The minimum absolute atomic E-state index is 0.329. The Hall–Kier alpha value is -3.64. The van der Waals surface area contributed by atoms with Crippen LogP contribution in [0, 0.1) is 6.92 Å². The predicted molar refractivity (Wildman–Crippen MR) is 140 cm³/mol. The summed E-state index contributed by atoms with van der Waals surface area (Å²) in [6, 6.07) is 14.1. The topological polar surface area (TPSA) is 70.1 Å². The summed E-state index contributed by atoms with van der Waals surface area (Å²) in [4.78, 5) is 32.0. The first-order valence-electron chi connectivity index (χ1n) is 12.6. The smallest absolute Gasteiger partial charge is 0.259 e. The number of benzene rings is 2. The molecule has 1 fully saturated rings. The Bertz CT molecular complexity index is 1480. The van der Waals surface area contributed by atoms with E-state index in [4.69, 9.17) is 0 Å². The fourth-order valence-corrected chi connectivity index (χ4v) is 5.82. The third-order valence-electron chi connectivity index (χ3n) is 7.48. The minimum atomic E-state index is -0.339. The zero-order valence-corrected chi connectivity index (χ0v) is 20.1. The number of aromatic amines is 1. The van der Waals surface area contributed by atoms with Crippen molar-refractivity contribution < 1.29 is 9.59 Å². The lowest BCUT2D eigenvalue weighted by atomic mass is 9.95. The maximum atomic E-state index is 13.2. The number of carbonyl (C=O) groups excluding carboxylic acids is 2. The van der Waals surface area contributed by atoms with Crippen LogP contribution in [0.5, 0.6) is 0 Å². The van der Waals surface area contributed by atoms with Gasteiger partial charge in [0.05, 0.1) is 16.7 Å². The molecule has 0 bridgehead atoms. The quantitative estimate of drug-likeness (QED) is 0.398. The van der Waals surface area contributed by atoms with Crippen LogP contribution in [0.25, 0.3) is 33.0 Å². The van der Waals surface area contributed by atoms with E-state index in [-0.39, 0.29) is 11.8 Å². The molecular formula is C29H30N4O2. The first-order chi connectivity index (χ1) is 17.1. The molecule has 4 aromatic rings. The van der Waals surface area contributed by atoms with Gasteiger partial charge in [-0.1, -0.05) is 42.8 Å². The number of piperidine rings is 1. The van der Waals surface area contributed by atoms with E-state index in [0.29, 0.717) is 11.1 Å². The highest BCUT2D eigenvalue weighted by molar-refractivity contribution is 6.50. The molecule has 0 spiro atoms. The van der Waals surface area contributed by atoms with Gasteiger partial charge in [0.1, 0.15) is 0 Å². The standard InChI is InChI=1S/C29H30N4O2/c1-19-9-7-11-21-23(18-33(27(19)21)16-8-15-32-13-5-2-6-14-32)26-25(28(34)31-29(26)35)22-17-30-24-12-4-3-10-20(22)24/h3-4,7,9-12,17-18,30H,2,5-6,8,13-16H2,1H3,(H,31,34,35). The number of amides is 2. The Balaban J connectivity index is 1.45. The van der Waals surface area contributed by atoms with Crippen LogP contribution < -0.4 is 5.32 Å². The summed E-state index contributed by atoms with van der Waals surface area (Å²) in [6.07, 6.45) is 8.90. The summed E-state index contributed by atoms with van der Waals surface area (Å²) < 4.78 is 2.28. The van der Waals surface area contributed by atoms with E-state index >= 15 is 0 Å². The number of carbonyl (C=O) groups is 2. The number of H-pyrrole nitrogens is 1. The van der Waals surface area contributed by atoms with Gasteiger partial charge < -0.3 is 14.5 Å². The van der Waals surface area contributed by atoms with Gasteiger partial charge in [0.25, 0.3) is 11.8 Å². The molecule has 1 saturated heterocycles. The van der Waals surface area contributed by atoms with Gasteiger partial charge >= 0.3 is 0 Å². The minimum Gasteiger partial charge on any atom is -0.361 e. The van der Waals surface area contributed by atoms with Gasteiger partial charge in [-0.25, -0.2) is 0 Å². The second-order valence-electron chi connectivity index (χ2n) is 9.74. The lowest BCUT2D eigenvalue weighted by Gasteiger charge is -2.26. The van der Waals surface area contributed by atoms with E-state index in [2.05, 4.69) is 45.0 Å². The average molecular weight is 467 g/mol. The van der Waals surface area contributed by atoms with Gasteiger partial charge in [0.2, 0.25) is 0 Å². The molecule has 35 heavy (non-hydrogen) atoms. The van der Waals surface area contributed by atoms with Gasteiger partial charge in [-0.3, -0.25) is 14.9 Å². The SMILES string of the molecule is Cc1cccc2c(C3=C(c4c[nH]c5ccccc45)C(=O)NC3=O)cn(CCCN3CCCCC3)c12. The zero-order chi connectivity index (χ0) is 23.9. The monoisotopic (exact) mass is 466 g/mol. The maximum absolute atomic E-state index is 13.2. The van der Waals surface area contributed by atoms with Crippen molar-refractivity contribution in [2.75, 3.05) is 19.6 Å². The Morgan fingerprint density at radius 3 is 2.40 bits per heavy atom. The molecule has 6 nitrogen and oxygen atoms in total. The largest absolute Gasteiger partial charge is 0.361 e. The Kier molecular flexibility index (Phi) is 5.53. The lowest BCUT2D eigenvalue weighted by Crippen LogP contribution is -2.31. The highest BCUT2D eigenvalue weighted by Gasteiger charge is 2.35. The molecule has 6 heteroatoms. The number of likely N-dealkylation sites (tertiary alicyclic amines) is 1. The van der Waals surface area contributed by atoms with Gasteiger partial charge in [0, 0.05) is 46.4 Å². The Morgan fingerprint density at radius 1 is 0.829 bits per heavy atom. The van der Waals surface area contributed by atoms with Gasteiger partial charge in [-0.15, -0.1) is 0 Å². The summed E-state index contributed by atoms with van der Waals surface area (Å²) in [5.74, 6) is -0.669. The number of fused-ring (bicyclic) bond motifs is 2. The van der Waals surface area contributed by atoms with E-state index in [1.807, 2.05) is 36.5 Å². The molecule has 2 N–H and O–H groups in total. The maximum Gasteiger partial charge on any atom is 0.259 e. The Labute approximate surface area is 204 Å². The van der Waals surface area contributed by atoms with E-state index in [0.717, 1.165) is 52.4 Å². The molecule has 4 heterocycles. The van der Waals surface area contributed by atoms with E-state index in [1.165, 1.54) is 37.9 Å². The normalized spacial score (nSPS) is 17.2. The van der Waals surface area contributed by atoms with E-state index in [1.54, 1.807) is 0 Å². The number of hydrogen-bond acceptors (Lipinski definition) is 3. The second kappa shape index (κ2) is 8.86. The molecule has 0 saturated carbocycles. The van der Waals surface area contributed by atoms with Crippen molar-refractivity contribution in [1.82, 2.24) is 19.8 Å². The van der Waals surface area contributed by atoms with Gasteiger partial charge in [-0.05, 0) is 57.5 Å². The number of aromatic nitrogens is 2. The highest BCUT2D eigenvalue weighted by atomic mass is 16.2. The number of aryl methyl sites for hydroxylation is 2. The first kappa shape index (κ1) is 21.9. The highest BCUT2D eigenvalue weighted by Crippen LogP contribution is 2.38. The van der Waals surface area contributed by atoms with Crippen molar-refractivity contribution >= 4 is 44.8 Å². The summed E-state index contributed by atoms with van der Waals surface area (Å²) in [5.41, 5.74) is 5.75. The average Bonchev–Trinajstić information content (AvgIpc) is 3.53. The summed E-state index contributed by atoms with van der Waals surface area (Å²) in [7, 11) is 0. The molecule has 2 aliphatic rings.